The lowest BCUT2D eigenvalue weighted by atomic mass is 9.95. The maximum Gasteiger partial charge on any atom is 0.338 e. The zero-order valence-corrected chi connectivity index (χ0v) is 18.0. The third kappa shape index (κ3) is 5.35. The number of anilines is 1. The molecule has 7 nitrogen and oxygen atoms in total. The highest BCUT2D eigenvalue weighted by Gasteiger charge is 2.33. The monoisotopic (exact) mass is 445 g/mol. The topological polar surface area (TPSA) is 79.9 Å². The van der Waals surface area contributed by atoms with E-state index >= 15 is 0 Å². The first-order valence-corrected chi connectivity index (χ1v) is 9.64. The number of ether oxygens (including phenoxy) is 2. The van der Waals surface area contributed by atoms with Gasteiger partial charge in [-0.05, 0) is 36.8 Å². The molecule has 0 radical (unpaired) electrons. The van der Waals surface area contributed by atoms with Crippen molar-refractivity contribution in [3.63, 3.8) is 0 Å². The normalized spacial score (nSPS) is 16.9. The summed E-state index contributed by atoms with van der Waals surface area (Å²) < 4.78 is 10.2. The fourth-order valence-corrected chi connectivity index (χ4v) is 3.00. The van der Waals surface area contributed by atoms with Crippen molar-refractivity contribution < 1.29 is 19.1 Å². The highest BCUT2D eigenvalue weighted by molar-refractivity contribution is 7.80. The number of carbonyl (C=O) groups is 2. The summed E-state index contributed by atoms with van der Waals surface area (Å²) in [6.45, 7) is 2.23. The minimum Gasteiger partial charge on any atom is -0.460 e. The number of benzene rings is 1. The van der Waals surface area contributed by atoms with Gasteiger partial charge in [-0.25, -0.2) is 4.79 Å². The van der Waals surface area contributed by atoms with E-state index in [0.29, 0.717) is 34.2 Å². The van der Waals surface area contributed by atoms with Crippen LogP contribution >= 0.6 is 35.4 Å². The van der Waals surface area contributed by atoms with Crippen molar-refractivity contribution in [1.29, 1.82) is 0 Å². The number of amides is 1. The van der Waals surface area contributed by atoms with Gasteiger partial charge in [0, 0.05) is 25.5 Å². The molecule has 1 heterocycles. The van der Waals surface area contributed by atoms with E-state index in [-0.39, 0.29) is 6.61 Å². The largest absolute Gasteiger partial charge is 0.460 e. The van der Waals surface area contributed by atoms with Crippen LogP contribution in [0.25, 0.3) is 0 Å². The number of methoxy groups -OCH3 is 1. The molecule has 0 aliphatic carbocycles. The lowest BCUT2D eigenvalue weighted by Crippen LogP contribution is -2.46. The van der Waals surface area contributed by atoms with Crippen LogP contribution in [0.2, 0.25) is 0 Å². The van der Waals surface area contributed by atoms with E-state index < -0.39 is 22.8 Å². The predicted molar refractivity (Wildman–Crippen MR) is 112 cm³/mol. The van der Waals surface area contributed by atoms with Gasteiger partial charge in [-0.2, -0.15) is 0 Å². The van der Waals surface area contributed by atoms with Crippen LogP contribution in [0.3, 0.4) is 0 Å². The SMILES string of the molecule is COCCOC(=O)C1=C(C)N(C)C(=S)NC1c1cccc(NC(=O)C(Cl)Cl)c1. The Labute approximate surface area is 178 Å². The van der Waals surface area contributed by atoms with E-state index in [4.69, 9.17) is 44.9 Å². The van der Waals surface area contributed by atoms with Crippen molar-refractivity contribution in [2.24, 2.45) is 0 Å². The van der Waals surface area contributed by atoms with Gasteiger partial charge in [-0.15, -0.1) is 0 Å². The Kier molecular flexibility index (Phi) is 8.06. The highest BCUT2D eigenvalue weighted by Crippen LogP contribution is 2.32. The third-order valence-corrected chi connectivity index (χ3v) is 4.97. The summed E-state index contributed by atoms with van der Waals surface area (Å²) >= 11 is 16.5. The Morgan fingerprint density at radius 3 is 2.71 bits per heavy atom. The van der Waals surface area contributed by atoms with E-state index in [9.17, 15) is 9.59 Å². The number of allylic oxidation sites excluding steroid dienone is 1. The van der Waals surface area contributed by atoms with Gasteiger partial charge >= 0.3 is 5.97 Å². The fourth-order valence-electron chi connectivity index (χ4n) is 2.64. The number of thiocarbonyl (C=S) groups is 1. The van der Waals surface area contributed by atoms with Gasteiger partial charge < -0.3 is 25.0 Å². The van der Waals surface area contributed by atoms with Crippen molar-refractivity contribution in [3.8, 4) is 0 Å². The molecule has 0 saturated heterocycles. The van der Waals surface area contributed by atoms with E-state index in [0.717, 1.165) is 0 Å². The summed E-state index contributed by atoms with van der Waals surface area (Å²) in [5.41, 5.74) is 2.30. The molecule has 28 heavy (non-hydrogen) atoms. The summed E-state index contributed by atoms with van der Waals surface area (Å²) in [5, 5.41) is 6.22. The zero-order chi connectivity index (χ0) is 20.8. The van der Waals surface area contributed by atoms with Crippen LogP contribution in [-0.4, -0.2) is 54.1 Å². The maximum atomic E-state index is 12.7. The molecular formula is C18H21Cl2N3O4S. The maximum absolute atomic E-state index is 12.7. The van der Waals surface area contributed by atoms with Gasteiger partial charge in [0.2, 0.25) is 0 Å². The highest BCUT2D eigenvalue weighted by atomic mass is 35.5. The Morgan fingerprint density at radius 1 is 1.36 bits per heavy atom. The molecular weight excluding hydrogens is 425 g/mol. The molecule has 0 bridgehead atoms. The quantitative estimate of drug-likeness (QED) is 0.289. The van der Waals surface area contributed by atoms with Crippen LogP contribution in [0.4, 0.5) is 5.69 Å². The van der Waals surface area contributed by atoms with Crippen LogP contribution in [0, 0.1) is 0 Å². The van der Waals surface area contributed by atoms with E-state index in [2.05, 4.69) is 10.6 Å². The predicted octanol–water partition coefficient (Wildman–Crippen LogP) is 2.75. The molecule has 1 aliphatic rings. The first-order valence-electron chi connectivity index (χ1n) is 8.36. The van der Waals surface area contributed by atoms with E-state index in [1.807, 2.05) is 6.07 Å². The van der Waals surface area contributed by atoms with Crippen LogP contribution < -0.4 is 10.6 Å². The molecule has 1 atom stereocenters. The second-order valence-electron chi connectivity index (χ2n) is 5.98. The molecule has 2 rings (SSSR count). The average Bonchev–Trinajstić information content (AvgIpc) is 2.66. The summed E-state index contributed by atoms with van der Waals surface area (Å²) in [5.74, 6) is -1.02. The van der Waals surface area contributed by atoms with Gasteiger partial charge in [0.15, 0.2) is 9.95 Å². The summed E-state index contributed by atoms with van der Waals surface area (Å²) in [6.07, 6.45) is 0. The number of nitrogens with zero attached hydrogens (tertiary/aromatic N) is 1. The minimum atomic E-state index is -1.19. The van der Waals surface area contributed by atoms with Crippen LogP contribution in [0.15, 0.2) is 35.5 Å². The molecule has 0 saturated carbocycles. The van der Waals surface area contributed by atoms with Gasteiger partial charge in [0.25, 0.3) is 5.91 Å². The van der Waals surface area contributed by atoms with Crippen LogP contribution in [0.1, 0.15) is 18.5 Å². The molecule has 1 aliphatic heterocycles. The van der Waals surface area contributed by atoms with Gasteiger partial charge in [0.1, 0.15) is 6.61 Å². The van der Waals surface area contributed by atoms with Crippen molar-refractivity contribution in [2.45, 2.75) is 17.8 Å². The molecule has 1 aromatic carbocycles. The van der Waals surface area contributed by atoms with E-state index in [1.54, 1.807) is 37.1 Å². The molecule has 152 valence electrons. The Hall–Kier alpha value is -1.87. The number of hydrogen-bond acceptors (Lipinski definition) is 5. The average molecular weight is 446 g/mol. The second-order valence-corrected chi connectivity index (χ2v) is 7.47. The number of halogens is 2. The molecule has 1 unspecified atom stereocenters. The van der Waals surface area contributed by atoms with Crippen molar-refractivity contribution in [2.75, 3.05) is 32.7 Å². The van der Waals surface area contributed by atoms with Crippen molar-refractivity contribution in [3.05, 3.63) is 41.1 Å². The first-order chi connectivity index (χ1) is 13.3. The smallest absolute Gasteiger partial charge is 0.338 e. The number of nitrogens with one attached hydrogen (secondary N) is 2. The minimum absolute atomic E-state index is 0.135. The molecule has 1 amide bonds. The number of carbonyl (C=O) groups excluding carboxylic acids is 2. The third-order valence-electron chi connectivity index (χ3n) is 4.18. The molecule has 0 fully saturated rings. The van der Waals surface area contributed by atoms with Gasteiger partial charge in [-0.1, -0.05) is 35.3 Å². The van der Waals surface area contributed by atoms with E-state index in [1.165, 1.54) is 7.11 Å². The molecule has 1 aromatic rings. The number of rotatable bonds is 7. The fraction of sp³-hybridized carbons (Fsp3) is 0.389. The van der Waals surface area contributed by atoms with Crippen molar-refractivity contribution in [1.82, 2.24) is 10.2 Å². The summed E-state index contributed by atoms with van der Waals surface area (Å²) in [6, 6.07) is 6.43. The zero-order valence-electron chi connectivity index (χ0n) is 15.6. The summed E-state index contributed by atoms with van der Waals surface area (Å²) in [4.78, 5) is 25.0. The van der Waals surface area contributed by atoms with Crippen LogP contribution in [-0.2, 0) is 19.1 Å². The summed E-state index contributed by atoms with van der Waals surface area (Å²) in [7, 11) is 3.29. The standard InChI is InChI=1S/C18H21Cl2N3O4S/c1-10-13(17(25)27-8-7-26-3)14(22-18(28)23(10)2)11-5-4-6-12(9-11)21-16(24)15(19)20/h4-6,9,14-15H,7-8H2,1-3H3,(H,21,24)(H,22,28). The van der Waals surface area contributed by atoms with Gasteiger partial charge in [-0.3, -0.25) is 4.79 Å². The first kappa shape index (κ1) is 22.4. The number of hydrogen-bond donors (Lipinski definition) is 2. The van der Waals surface area contributed by atoms with Gasteiger partial charge in [0.05, 0.1) is 18.2 Å². The molecule has 2 N–H and O–H groups in total. The Balaban J connectivity index is 2.36. The lowest BCUT2D eigenvalue weighted by Gasteiger charge is -2.35. The number of alkyl halides is 2. The molecule has 0 aromatic heterocycles. The lowest BCUT2D eigenvalue weighted by molar-refractivity contribution is -0.140. The Bertz CT molecular complexity index is 801. The van der Waals surface area contributed by atoms with Crippen molar-refractivity contribution >= 4 is 58.1 Å². The number of esters is 1. The molecule has 10 heteroatoms. The second kappa shape index (κ2) is 10.1. The Morgan fingerprint density at radius 2 is 2.07 bits per heavy atom. The van der Waals surface area contributed by atoms with Crippen LogP contribution in [0.5, 0.6) is 0 Å². The molecule has 0 spiro atoms.